The van der Waals surface area contributed by atoms with Gasteiger partial charge in [0.1, 0.15) is 12.6 Å². The highest BCUT2D eigenvalue weighted by Crippen LogP contribution is 1.95. The first kappa shape index (κ1) is 12.3. The average molecular weight is 200 g/mol. The lowest BCUT2D eigenvalue weighted by molar-refractivity contribution is -0.136. The Morgan fingerprint density at radius 3 is 2.29 bits per heavy atom. The van der Waals surface area contributed by atoms with Crippen LogP contribution in [-0.2, 0) is 19.2 Å². The number of carbonyl (C=O) groups is 4. The Kier molecular flexibility index (Phi) is 5.93. The quantitative estimate of drug-likeness (QED) is 0.504. The van der Waals surface area contributed by atoms with Crippen LogP contribution in [0, 0.1) is 0 Å². The van der Waals surface area contributed by atoms with E-state index >= 15 is 0 Å². The smallest absolute Gasteiger partial charge is 0.237 e. The second-order valence-electron chi connectivity index (χ2n) is 2.61. The van der Waals surface area contributed by atoms with Gasteiger partial charge in [-0.15, -0.1) is 0 Å². The van der Waals surface area contributed by atoms with Crippen molar-refractivity contribution in [1.82, 2.24) is 4.90 Å². The Morgan fingerprint density at radius 2 is 1.86 bits per heavy atom. The van der Waals surface area contributed by atoms with Gasteiger partial charge in [-0.25, -0.2) is 0 Å². The van der Waals surface area contributed by atoms with Crippen molar-refractivity contribution in [2.24, 2.45) is 5.73 Å². The molecule has 0 aliphatic rings. The number of primary amides is 1. The van der Waals surface area contributed by atoms with Crippen molar-refractivity contribution < 1.29 is 19.2 Å². The van der Waals surface area contributed by atoms with E-state index in [1.165, 1.54) is 0 Å². The molecule has 0 aliphatic carbocycles. The predicted molar refractivity (Wildman–Crippen MR) is 47.1 cm³/mol. The summed E-state index contributed by atoms with van der Waals surface area (Å²) in [6.45, 7) is -0.475. The minimum Gasteiger partial charge on any atom is -0.368 e. The number of aldehydes is 2. The third-order valence-corrected chi connectivity index (χ3v) is 1.47. The summed E-state index contributed by atoms with van der Waals surface area (Å²) in [6.07, 6.45) is 1.17. The van der Waals surface area contributed by atoms with Gasteiger partial charge in [0.15, 0.2) is 0 Å². The van der Waals surface area contributed by atoms with Gasteiger partial charge in [0.25, 0.3) is 0 Å². The van der Waals surface area contributed by atoms with Crippen LogP contribution in [0.2, 0.25) is 0 Å². The van der Waals surface area contributed by atoms with Gasteiger partial charge >= 0.3 is 0 Å². The average Bonchev–Trinajstić information content (AvgIpc) is 2.13. The Labute approximate surface area is 81.0 Å². The monoisotopic (exact) mass is 200 g/mol. The molecular weight excluding hydrogens is 188 g/mol. The minimum atomic E-state index is -0.689. The van der Waals surface area contributed by atoms with Gasteiger partial charge in [0, 0.05) is 12.8 Å². The molecule has 78 valence electrons. The highest BCUT2D eigenvalue weighted by molar-refractivity contribution is 5.86. The fourth-order valence-corrected chi connectivity index (χ4v) is 0.873. The van der Waals surface area contributed by atoms with Crippen LogP contribution >= 0.6 is 0 Å². The molecule has 0 atom stereocenters. The minimum absolute atomic E-state index is 0.00931. The number of amides is 2. The normalized spacial score (nSPS) is 9.14. The number of nitrogens with two attached hydrogens (primary N) is 1. The zero-order chi connectivity index (χ0) is 11.0. The molecule has 0 rings (SSSR count). The first-order valence-electron chi connectivity index (χ1n) is 4.05. The second-order valence-corrected chi connectivity index (χ2v) is 2.61. The van der Waals surface area contributed by atoms with E-state index < -0.39 is 11.8 Å². The molecule has 0 aromatic heterocycles. The molecule has 2 N–H and O–H groups in total. The number of carbonyl (C=O) groups excluding carboxylic acids is 4. The van der Waals surface area contributed by atoms with Gasteiger partial charge in [-0.1, -0.05) is 0 Å². The zero-order valence-corrected chi connectivity index (χ0v) is 7.64. The van der Waals surface area contributed by atoms with E-state index in [2.05, 4.69) is 0 Å². The summed E-state index contributed by atoms with van der Waals surface area (Å²) in [5.41, 5.74) is 4.87. The highest BCUT2D eigenvalue weighted by atomic mass is 16.2. The first-order valence-corrected chi connectivity index (χ1v) is 4.05. The van der Waals surface area contributed by atoms with E-state index in [0.29, 0.717) is 12.6 Å². The molecule has 0 spiro atoms. The van der Waals surface area contributed by atoms with E-state index in [0.717, 1.165) is 4.90 Å². The van der Waals surface area contributed by atoms with Crippen LogP contribution in [-0.4, -0.2) is 42.4 Å². The molecule has 0 unspecified atom stereocenters. The molecule has 14 heavy (non-hydrogen) atoms. The number of rotatable bonds is 7. The number of hydrogen-bond donors (Lipinski definition) is 1. The summed E-state index contributed by atoms with van der Waals surface area (Å²) >= 11 is 0. The van der Waals surface area contributed by atoms with Crippen molar-refractivity contribution in [2.45, 2.75) is 12.8 Å². The van der Waals surface area contributed by atoms with Crippen LogP contribution in [0.5, 0.6) is 0 Å². The molecule has 0 aromatic carbocycles. The van der Waals surface area contributed by atoms with E-state index in [4.69, 9.17) is 5.73 Å². The standard InChI is InChI=1S/C8H12N2O4/c9-7(13)6-10(3-5-12)8(14)2-1-4-11/h4-5H,1-3,6H2,(H2,9,13). The maximum absolute atomic E-state index is 11.2. The van der Waals surface area contributed by atoms with Crippen LogP contribution in [0.3, 0.4) is 0 Å². The van der Waals surface area contributed by atoms with Crippen LogP contribution < -0.4 is 5.73 Å². The number of hydrogen-bond acceptors (Lipinski definition) is 4. The van der Waals surface area contributed by atoms with Crippen molar-refractivity contribution in [3.63, 3.8) is 0 Å². The molecule has 0 saturated heterocycles. The first-order chi connectivity index (χ1) is 6.61. The van der Waals surface area contributed by atoms with Crippen LogP contribution in [0.1, 0.15) is 12.8 Å². The van der Waals surface area contributed by atoms with Crippen molar-refractivity contribution >= 4 is 24.4 Å². The third-order valence-electron chi connectivity index (χ3n) is 1.47. The maximum Gasteiger partial charge on any atom is 0.237 e. The summed E-state index contributed by atoms with van der Waals surface area (Å²) in [4.78, 5) is 42.9. The summed E-state index contributed by atoms with van der Waals surface area (Å²) in [5.74, 6) is -1.12. The molecular formula is C8H12N2O4. The van der Waals surface area contributed by atoms with E-state index in [1.54, 1.807) is 0 Å². The molecule has 0 radical (unpaired) electrons. The molecule has 0 aromatic rings. The molecule has 2 amide bonds. The Hall–Kier alpha value is -1.72. The van der Waals surface area contributed by atoms with Crippen molar-refractivity contribution in [2.75, 3.05) is 13.1 Å². The van der Waals surface area contributed by atoms with Gasteiger partial charge in [0.05, 0.1) is 13.1 Å². The largest absolute Gasteiger partial charge is 0.368 e. The fourth-order valence-electron chi connectivity index (χ4n) is 0.873. The van der Waals surface area contributed by atoms with Gasteiger partial charge < -0.3 is 20.2 Å². The van der Waals surface area contributed by atoms with E-state index in [9.17, 15) is 19.2 Å². The third kappa shape index (κ3) is 5.02. The van der Waals surface area contributed by atoms with Crippen molar-refractivity contribution in [3.8, 4) is 0 Å². The van der Waals surface area contributed by atoms with E-state index in [1.807, 2.05) is 0 Å². The summed E-state index contributed by atoms with van der Waals surface area (Å²) in [7, 11) is 0. The Balaban J connectivity index is 4.16. The van der Waals surface area contributed by atoms with Crippen molar-refractivity contribution in [3.05, 3.63) is 0 Å². The molecule has 0 heterocycles. The van der Waals surface area contributed by atoms with Gasteiger partial charge in [0.2, 0.25) is 11.8 Å². The highest BCUT2D eigenvalue weighted by Gasteiger charge is 2.14. The lowest BCUT2D eigenvalue weighted by Gasteiger charge is -2.17. The Bertz CT molecular complexity index is 239. The van der Waals surface area contributed by atoms with Gasteiger partial charge in [-0.3, -0.25) is 9.59 Å². The lowest BCUT2D eigenvalue weighted by Crippen LogP contribution is -2.39. The summed E-state index contributed by atoms with van der Waals surface area (Å²) < 4.78 is 0. The van der Waals surface area contributed by atoms with Crippen molar-refractivity contribution in [1.29, 1.82) is 0 Å². The molecule has 6 nitrogen and oxygen atoms in total. The van der Waals surface area contributed by atoms with Crippen LogP contribution in [0.15, 0.2) is 0 Å². The maximum atomic E-state index is 11.2. The summed E-state index contributed by atoms with van der Waals surface area (Å²) in [6, 6.07) is 0. The second kappa shape index (κ2) is 6.76. The predicted octanol–water partition coefficient (Wildman–Crippen LogP) is -1.52. The number of nitrogens with zero attached hydrogens (tertiary/aromatic N) is 1. The summed E-state index contributed by atoms with van der Waals surface area (Å²) in [5, 5.41) is 0. The lowest BCUT2D eigenvalue weighted by atomic mass is 10.3. The Morgan fingerprint density at radius 1 is 1.21 bits per heavy atom. The fraction of sp³-hybridized carbons (Fsp3) is 0.500. The van der Waals surface area contributed by atoms with Crippen LogP contribution in [0.4, 0.5) is 0 Å². The van der Waals surface area contributed by atoms with Crippen LogP contribution in [0.25, 0.3) is 0 Å². The molecule has 6 heteroatoms. The van der Waals surface area contributed by atoms with E-state index in [-0.39, 0.29) is 25.9 Å². The molecule has 0 bridgehead atoms. The molecule has 0 saturated carbocycles. The molecule has 0 fully saturated rings. The zero-order valence-electron chi connectivity index (χ0n) is 7.64. The van der Waals surface area contributed by atoms with Gasteiger partial charge in [-0.05, 0) is 0 Å². The molecule has 0 aliphatic heterocycles. The SMILES string of the molecule is NC(=O)CN(CC=O)C(=O)CCC=O. The topological polar surface area (TPSA) is 97.5 Å². The van der Waals surface area contributed by atoms with Gasteiger partial charge in [-0.2, -0.15) is 0 Å².